The second-order valence-electron chi connectivity index (χ2n) is 9.76. The molecule has 0 aromatic heterocycles. The van der Waals surface area contributed by atoms with Crippen molar-refractivity contribution >= 4 is 46.7 Å². The minimum atomic E-state index is -3.95. The number of nitrogens with one attached hydrogen (secondary N) is 2. The van der Waals surface area contributed by atoms with Gasteiger partial charge in [-0.1, -0.05) is 30.3 Å². The standard InChI is InChI=1S/C30H34N3O11PS/c1-4-41-30(36)21(2)43-45(38,44-23-10-6-5-7-11-23)19-18-31-29(35)17-16-26(34)24-12-8-9-13-27(24)42-28-20-22(32-37)14-15-25(28)33-46(3,39)40/h5-15,20-21,33H,4,16-19H2,1-3H3,(H,31,35)/t21-,45?/m1/s1. The molecule has 0 spiro atoms. The summed E-state index contributed by atoms with van der Waals surface area (Å²) in [5, 5.41) is 5.41. The number of ketones is 1. The van der Waals surface area contributed by atoms with E-state index in [4.69, 9.17) is 18.5 Å². The van der Waals surface area contributed by atoms with E-state index in [1.165, 1.54) is 37.3 Å². The van der Waals surface area contributed by atoms with Crippen LogP contribution >= 0.6 is 7.60 Å². The highest BCUT2D eigenvalue weighted by molar-refractivity contribution is 7.92. The van der Waals surface area contributed by atoms with E-state index < -0.39 is 41.4 Å². The Bertz CT molecular complexity index is 1700. The fourth-order valence-corrected chi connectivity index (χ4v) is 6.13. The van der Waals surface area contributed by atoms with Crippen molar-refractivity contribution in [1.29, 1.82) is 0 Å². The van der Waals surface area contributed by atoms with Crippen molar-refractivity contribution in [2.24, 2.45) is 5.18 Å². The first-order chi connectivity index (χ1) is 21.8. The average Bonchev–Trinajstić information content (AvgIpc) is 3.00. The molecule has 0 bridgehead atoms. The van der Waals surface area contributed by atoms with E-state index in [2.05, 4.69) is 15.2 Å². The van der Waals surface area contributed by atoms with Gasteiger partial charge in [-0.3, -0.25) is 18.8 Å². The molecule has 1 unspecified atom stereocenters. The van der Waals surface area contributed by atoms with Gasteiger partial charge in [0.1, 0.15) is 17.2 Å². The molecule has 0 fully saturated rings. The fraction of sp³-hybridized carbons (Fsp3) is 0.300. The van der Waals surface area contributed by atoms with Gasteiger partial charge < -0.3 is 19.3 Å². The van der Waals surface area contributed by atoms with E-state index in [0.717, 1.165) is 6.26 Å². The summed E-state index contributed by atoms with van der Waals surface area (Å²) in [4.78, 5) is 48.8. The fourth-order valence-electron chi connectivity index (χ4n) is 3.93. The van der Waals surface area contributed by atoms with Gasteiger partial charge in [0, 0.05) is 25.5 Å². The van der Waals surface area contributed by atoms with E-state index in [-0.39, 0.29) is 66.3 Å². The predicted molar refractivity (Wildman–Crippen MR) is 170 cm³/mol. The second-order valence-corrected chi connectivity index (χ2v) is 13.6. The number of amides is 1. The summed E-state index contributed by atoms with van der Waals surface area (Å²) < 4.78 is 61.2. The number of hydrogen-bond donors (Lipinski definition) is 2. The number of esters is 1. The van der Waals surface area contributed by atoms with Crippen LogP contribution in [0.4, 0.5) is 11.4 Å². The van der Waals surface area contributed by atoms with Crippen LogP contribution in [0, 0.1) is 4.91 Å². The van der Waals surface area contributed by atoms with Crippen LogP contribution in [0.1, 0.15) is 37.0 Å². The molecule has 46 heavy (non-hydrogen) atoms. The molecule has 0 aliphatic carbocycles. The summed E-state index contributed by atoms with van der Waals surface area (Å²) in [6, 6.07) is 18.1. The first kappa shape index (κ1) is 35.9. The first-order valence-corrected chi connectivity index (χ1v) is 17.6. The van der Waals surface area contributed by atoms with E-state index in [1.54, 1.807) is 49.4 Å². The number of rotatable bonds is 18. The maximum Gasteiger partial charge on any atom is 0.381 e. The summed E-state index contributed by atoms with van der Waals surface area (Å²) in [5.74, 6) is -1.48. The lowest BCUT2D eigenvalue weighted by molar-refractivity contribution is -0.150. The lowest BCUT2D eigenvalue weighted by Crippen LogP contribution is -2.29. The molecule has 0 aliphatic heterocycles. The maximum atomic E-state index is 13.5. The van der Waals surface area contributed by atoms with Crippen molar-refractivity contribution < 1.29 is 45.9 Å². The molecule has 0 heterocycles. The Morgan fingerprint density at radius 1 is 0.957 bits per heavy atom. The summed E-state index contributed by atoms with van der Waals surface area (Å²) in [7, 11) is -7.65. The molecule has 0 saturated heterocycles. The second kappa shape index (κ2) is 16.6. The van der Waals surface area contributed by atoms with Crippen LogP contribution in [0.3, 0.4) is 0 Å². The van der Waals surface area contributed by atoms with E-state index in [9.17, 15) is 32.3 Å². The third-order valence-corrected chi connectivity index (χ3v) is 8.47. The van der Waals surface area contributed by atoms with Gasteiger partial charge >= 0.3 is 13.6 Å². The van der Waals surface area contributed by atoms with Crippen molar-refractivity contribution in [3.63, 3.8) is 0 Å². The Kier molecular flexibility index (Phi) is 13.0. The number of nitroso groups, excluding NO2 is 1. The largest absolute Gasteiger partial charge is 0.464 e. The smallest absolute Gasteiger partial charge is 0.381 e. The molecule has 246 valence electrons. The van der Waals surface area contributed by atoms with Crippen LogP contribution in [-0.2, 0) is 33.4 Å². The number of para-hydroxylation sites is 2. The van der Waals surface area contributed by atoms with Gasteiger partial charge in [-0.05, 0) is 55.4 Å². The van der Waals surface area contributed by atoms with Gasteiger partial charge in [-0.2, -0.15) is 0 Å². The number of ether oxygens (including phenoxy) is 2. The van der Waals surface area contributed by atoms with Gasteiger partial charge in [0.15, 0.2) is 17.6 Å². The number of sulfonamides is 1. The Labute approximate surface area is 266 Å². The molecule has 2 N–H and O–H groups in total. The molecular formula is C30H34N3O11PS. The van der Waals surface area contributed by atoms with Crippen LogP contribution in [-0.4, -0.2) is 57.8 Å². The minimum absolute atomic E-state index is 0.0192. The molecule has 2 atom stereocenters. The minimum Gasteiger partial charge on any atom is -0.464 e. The molecular weight excluding hydrogens is 641 g/mol. The van der Waals surface area contributed by atoms with Crippen molar-refractivity contribution in [2.75, 3.05) is 30.3 Å². The van der Waals surface area contributed by atoms with Crippen molar-refractivity contribution in [1.82, 2.24) is 5.32 Å². The number of Topliss-reactive ketones (excluding diaryl/α,β-unsaturated/α-hetero) is 1. The topological polar surface area (TPSA) is 193 Å². The molecule has 3 aromatic carbocycles. The van der Waals surface area contributed by atoms with Gasteiger partial charge in [0.05, 0.1) is 30.3 Å². The molecule has 16 heteroatoms. The molecule has 0 saturated carbocycles. The monoisotopic (exact) mass is 675 g/mol. The highest BCUT2D eigenvalue weighted by Gasteiger charge is 2.32. The van der Waals surface area contributed by atoms with Gasteiger partial charge in [0.2, 0.25) is 15.9 Å². The predicted octanol–water partition coefficient (Wildman–Crippen LogP) is 5.57. The van der Waals surface area contributed by atoms with Crippen LogP contribution in [0.25, 0.3) is 0 Å². The van der Waals surface area contributed by atoms with Gasteiger partial charge in [-0.15, -0.1) is 4.91 Å². The summed E-state index contributed by atoms with van der Waals surface area (Å²) in [6.07, 6.45) is -0.994. The highest BCUT2D eigenvalue weighted by Crippen LogP contribution is 2.49. The molecule has 3 rings (SSSR count). The van der Waals surface area contributed by atoms with Crippen LogP contribution in [0.15, 0.2) is 78.0 Å². The zero-order valence-electron chi connectivity index (χ0n) is 25.3. The zero-order valence-corrected chi connectivity index (χ0v) is 27.0. The van der Waals surface area contributed by atoms with Crippen LogP contribution < -0.4 is 19.3 Å². The van der Waals surface area contributed by atoms with Gasteiger partial charge in [0.25, 0.3) is 0 Å². The summed E-state index contributed by atoms with van der Waals surface area (Å²) in [5.41, 5.74) is 0.0897. The first-order valence-electron chi connectivity index (χ1n) is 14.0. The zero-order chi connectivity index (χ0) is 33.7. The van der Waals surface area contributed by atoms with Crippen LogP contribution in [0.5, 0.6) is 17.2 Å². The highest BCUT2D eigenvalue weighted by atomic mass is 32.2. The lowest BCUT2D eigenvalue weighted by atomic mass is 10.1. The Hall–Kier alpha value is -4.59. The average molecular weight is 676 g/mol. The third-order valence-electron chi connectivity index (χ3n) is 5.99. The number of benzene rings is 3. The Morgan fingerprint density at radius 3 is 2.33 bits per heavy atom. The summed E-state index contributed by atoms with van der Waals surface area (Å²) in [6.45, 7) is 2.96. The molecule has 1 amide bonds. The molecule has 3 aromatic rings. The number of anilines is 1. The van der Waals surface area contributed by atoms with Crippen molar-refractivity contribution in [3.8, 4) is 17.2 Å². The molecule has 0 aliphatic rings. The SMILES string of the molecule is CCOC(=O)[C@@H](C)OP(=O)(CCNC(=O)CCC(=O)c1ccccc1Oc1cc(N=O)ccc1NS(C)(=O)=O)Oc1ccccc1. The van der Waals surface area contributed by atoms with E-state index >= 15 is 0 Å². The van der Waals surface area contributed by atoms with Crippen molar-refractivity contribution in [2.45, 2.75) is 32.8 Å². The maximum absolute atomic E-state index is 13.5. The Morgan fingerprint density at radius 2 is 1.65 bits per heavy atom. The molecule has 14 nitrogen and oxygen atoms in total. The summed E-state index contributed by atoms with van der Waals surface area (Å²) >= 11 is 0. The quantitative estimate of drug-likeness (QED) is 0.0741. The third kappa shape index (κ3) is 11.4. The number of hydrogen-bond acceptors (Lipinski definition) is 12. The van der Waals surface area contributed by atoms with E-state index in [0.29, 0.717) is 0 Å². The number of nitrogens with zero attached hydrogens (tertiary/aromatic N) is 1. The normalized spacial score (nSPS) is 13.0. The van der Waals surface area contributed by atoms with Crippen molar-refractivity contribution in [3.05, 3.63) is 83.3 Å². The van der Waals surface area contributed by atoms with Gasteiger partial charge in [-0.25, -0.2) is 17.8 Å². The molecule has 0 radical (unpaired) electrons. The lowest BCUT2D eigenvalue weighted by Gasteiger charge is -2.22. The number of carbonyl (C=O) groups is 3. The number of carbonyl (C=O) groups excluding carboxylic acids is 3. The Balaban J connectivity index is 1.64. The van der Waals surface area contributed by atoms with Crippen LogP contribution in [0.2, 0.25) is 0 Å². The van der Waals surface area contributed by atoms with E-state index in [1.807, 2.05) is 0 Å².